The van der Waals surface area contributed by atoms with Gasteiger partial charge in [-0.25, -0.2) is 9.78 Å². The van der Waals surface area contributed by atoms with Gasteiger partial charge >= 0.3 is 5.97 Å². The van der Waals surface area contributed by atoms with Crippen LogP contribution in [0.4, 0.5) is 0 Å². The van der Waals surface area contributed by atoms with E-state index in [1.807, 2.05) is 30.3 Å². The number of amides is 1. The van der Waals surface area contributed by atoms with Gasteiger partial charge in [0.25, 0.3) is 5.91 Å². The van der Waals surface area contributed by atoms with Crippen molar-refractivity contribution in [3.05, 3.63) is 88.6 Å². The molecule has 1 saturated carbocycles. The second-order valence-corrected chi connectivity index (χ2v) is 12.2. The van der Waals surface area contributed by atoms with Gasteiger partial charge in [-0.3, -0.25) is 4.79 Å². The maximum Gasteiger partial charge on any atom is 0.326 e. The predicted molar refractivity (Wildman–Crippen MR) is 159 cm³/mol. The van der Waals surface area contributed by atoms with Crippen molar-refractivity contribution >= 4 is 34.2 Å². The molecule has 41 heavy (non-hydrogen) atoms. The smallest absolute Gasteiger partial charge is 0.326 e. The molecule has 1 aliphatic rings. The number of carboxylic acids is 1. The lowest BCUT2D eigenvalue weighted by molar-refractivity contribution is -0.139. The number of nitrogens with zero attached hydrogens (tertiary/aromatic N) is 1. The average Bonchev–Trinajstić information content (AvgIpc) is 3.59. The summed E-state index contributed by atoms with van der Waals surface area (Å²) in [6.07, 6.45) is 5.35. The fourth-order valence-corrected chi connectivity index (χ4v) is 5.54. The van der Waals surface area contributed by atoms with Gasteiger partial charge in [0.05, 0.1) is 0 Å². The molecule has 214 valence electrons. The maximum atomic E-state index is 13.3. The molecule has 2 aromatic heterocycles. The highest BCUT2D eigenvalue weighted by Gasteiger charge is 2.25. The van der Waals surface area contributed by atoms with Gasteiger partial charge in [0.15, 0.2) is 5.22 Å². The van der Waals surface area contributed by atoms with Crippen molar-refractivity contribution < 1.29 is 23.8 Å². The lowest BCUT2D eigenvalue weighted by Gasteiger charge is -2.19. The molecule has 7 nitrogen and oxygen atoms in total. The van der Waals surface area contributed by atoms with Crippen LogP contribution in [0.1, 0.15) is 74.0 Å². The van der Waals surface area contributed by atoms with E-state index in [1.165, 1.54) is 24.5 Å². The third-order valence-corrected chi connectivity index (χ3v) is 7.87. The number of benzene rings is 2. The Morgan fingerprint density at radius 2 is 1.76 bits per heavy atom. The number of fused-ring (bicyclic) bond motifs is 1. The number of aromatic nitrogens is 1. The second-order valence-electron chi connectivity index (χ2n) is 11.8. The minimum Gasteiger partial charge on any atom is -0.480 e. The van der Waals surface area contributed by atoms with Gasteiger partial charge in [-0.2, -0.15) is 0 Å². The van der Waals surface area contributed by atoms with Gasteiger partial charge in [-0.05, 0) is 82.8 Å². The Balaban J connectivity index is 1.42. The number of rotatable bonds is 9. The average molecular weight is 575 g/mol. The molecule has 4 aromatic rings. The Morgan fingerprint density at radius 3 is 2.39 bits per heavy atom. The SMILES string of the molecule is CC(C)(C)c1ccc(Oc2ccc3cc(C(=O)NC(Cc4ccc(Cl)o4)C(=O)O)nc(CC4CCCC4)c3c2)cc1. The van der Waals surface area contributed by atoms with Gasteiger partial charge in [-0.15, -0.1) is 0 Å². The van der Waals surface area contributed by atoms with E-state index in [4.69, 9.17) is 25.7 Å². The Kier molecular flexibility index (Phi) is 8.36. The van der Waals surface area contributed by atoms with E-state index in [0.29, 0.717) is 17.4 Å². The van der Waals surface area contributed by atoms with E-state index in [9.17, 15) is 14.7 Å². The first-order valence-electron chi connectivity index (χ1n) is 14.0. The standard InChI is InChI=1S/C33H35ClN2O5/c1-33(2,3)22-9-12-23(13-10-22)40-24-11-8-21-17-28(35-27(26(21)18-24)16-20-6-4-5-7-20)31(37)36-29(32(38)39)19-25-14-15-30(34)41-25/h8-15,17-18,20,29H,4-7,16,19H2,1-3H3,(H,36,37)(H,38,39). The van der Waals surface area contributed by atoms with Crippen LogP contribution in [-0.4, -0.2) is 28.0 Å². The van der Waals surface area contributed by atoms with Crippen LogP contribution in [0.25, 0.3) is 10.8 Å². The largest absolute Gasteiger partial charge is 0.480 e. The van der Waals surface area contributed by atoms with Gasteiger partial charge in [0, 0.05) is 17.5 Å². The quantitative estimate of drug-likeness (QED) is 0.212. The van der Waals surface area contributed by atoms with Crippen molar-refractivity contribution in [1.82, 2.24) is 10.3 Å². The number of aliphatic carboxylic acids is 1. The lowest BCUT2D eigenvalue weighted by atomic mass is 9.87. The molecule has 1 amide bonds. The molecule has 0 saturated heterocycles. The Bertz CT molecular complexity index is 1550. The number of hydrogen-bond donors (Lipinski definition) is 2. The molecule has 1 atom stereocenters. The van der Waals surface area contributed by atoms with Crippen LogP contribution < -0.4 is 10.1 Å². The van der Waals surface area contributed by atoms with E-state index in [0.717, 1.165) is 41.5 Å². The first-order valence-corrected chi connectivity index (χ1v) is 14.4. The van der Waals surface area contributed by atoms with Crippen LogP contribution in [0, 0.1) is 5.92 Å². The number of carboxylic acid groups (broad SMARTS) is 1. The van der Waals surface area contributed by atoms with Crippen molar-refractivity contribution in [3.63, 3.8) is 0 Å². The minimum absolute atomic E-state index is 0.0340. The zero-order valence-electron chi connectivity index (χ0n) is 23.6. The number of ether oxygens (including phenoxy) is 1. The number of carbonyl (C=O) groups excluding carboxylic acids is 1. The van der Waals surface area contributed by atoms with E-state index < -0.39 is 17.9 Å². The number of nitrogens with one attached hydrogen (secondary N) is 1. The van der Waals surface area contributed by atoms with Gasteiger partial charge in [-0.1, -0.05) is 64.7 Å². The third-order valence-electron chi connectivity index (χ3n) is 7.67. The van der Waals surface area contributed by atoms with E-state index in [-0.39, 0.29) is 22.7 Å². The summed E-state index contributed by atoms with van der Waals surface area (Å²) in [5.41, 5.74) is 2.29. The highest BCUT2D eigenvalue weighted by atomic mass is 35.5. The van der Waals surface area contributed by atoms with E-state index in [2.05, 4.69) is 38.2 Å². The van der Waals surface area contributed by atoms with Gasteiger partial charge in [0.2, 0.25) is 0 Å². The number of hydrogen-bond acceptors (Lipinski definition) is 5. The minimum atomic E-state index is -1.19. The zero-order chi connectivity index (χ0) is 29.1. The molecule has 1 aliphatic carbocycles. The van der Waals surface area contributed by atoms with Crippen molar-refractivity contribution in [1.29, 1.82) is 0 Å². The van der Waals surface area contributed by atoms with Crippen LogP contribution in [0.5, 0.6) is 11.5 Å². The first kappa shape index (κ1) is 28.7. The Hall–Kier alpha value is -3.84. The highest BCUT2D eigenvalue weighted by molar-refractivity contribution is 6.28. The Labute approximate surface area is 244 Å². The molecular formula is C33H35ClN2O5. The molecule has 0 spiro atoms. The van der Waals surface area contributed by atoms with Crippen LogP contribution in [0.2, 0.25) is 5.22 Å². The molecule has 0 radical (unpaired) electrons. The summed E-state index contributed by atoms with van der Waals surface area (Å²) < 4.78 is 11.5. The topological polar surface area (TPSA) is 102 Å². The fraction of sp³-hybridized carbons (Fsp3) is 0.364. The number of halogens is 1. The van der Waals surface area contributed by atoms with Crippen LogP contribution in [-0.2, 0) is 23.1 Å². The summed E-state index contributed by atoms with van der Waals surface area (Å²) in [7, 11) is 0. The number of furan rings is 1. The molecule has 8 heteroatoms. The van der Waals surface area contributed by atoms with Crippen molar-refractivity contribution in [2.45, 2.75) is 70.8 Å². The van der Waals surface area contributed by atoms with Crippen LogP contribution >= 0.6 is 11.6 Å². The molecule has 5 rings (SSSR count). The summed E-state index contributed by atoms with van der Waals surface area (Å²) in [6.45, 7) is 6.53. The molecular weight excluding hydrogens is 540 g/mol. The highest BCUT2D eigenvalue weighted by Crippen LogP contribution is 2.33. The summed E-state index contributed by atoms with van der Waals surface area (Å²) in [6, 6.07) is 17.5. The first-order chi connectivity index (χ1) is 19.5. The predicted octanol–water partition coefficient (Wildman–Crippen LogP) is 7.73. The van der Waals surface area contributed by atoms with Crippen molar-refractivity contribution in [3.8, 4) is 11.5 Å². The van der Waals surface area contributed by atoms with Crippen LogP contribution in [0.15, 0.2) is 65.1 Å². The zero-order valence-corrected chi connectivity index (χ0v) is 24.3. The van der Waals surface area contributed by atoms with Gasteiger partial charge < -0.3 is 19.6 Å². The monoisotopic (exact) mass is 574 g/mol. The molecule has 2 N–H and O–H groups in total. The van der Waals surface area contributed by atoms with Crippen molar-refractivity contribution in [2.24, 2.45) is 5.92 Å². The van der Waals surface area contributed by atoms with E-state index in [1.54, 1.807) is 12.1 Å². The molecule has 2 heterocycles. The summed E-state index contributed by atoms with van der Waals surface area (Å²) in [5.74, 6) is 0.580. The van der Waals surface area contributed by atoms with Crippen molar-refractivity contribution in [2.75, 3.05) is 0 Å². The van der Waals surface area contributed by atoms with Gasteiger partial charge in [0.1, 0.15) is 29.0 Å². The normalized spacial score (nSPS) is 14.7. The molecule has 1 unspecified atom stereocenters. The maximum absolute atomic E-state index is 13.3. The lowest BCUT2D eigenvalue weighted by Crippen LogP contribution is -2.42. The fourth-order valence-electron chi connectivity index (χ4n) is 5.37. The summed E-state index contributed by atoms with van der Waals surface area (Å²) in [4.78, 5) is 30.0. The molecule has 2 aromatic carbocycles. The summed E-state index contributed by atoms with van der Waals surface area (Å²) in [5, 5.41) is 14.3. The van der Waals surface area contributed by atoms with Crippen LogP contribution in [0.3, 0.4) is 0 Å². The molecule has 0 bridgehead atoms. The number of pyridine rings is 1. The summed E-state index contributed by atoms with van der Waals surface area (Å²) >= 11 is 5.83. The van der Waals surface area contributed by atoms with E-state index >= 15 is 0 Å². The second kappa shape index (κ2) is 12.0. The number of carbonyl (C=O) groups is 2. The third kappa shape index (κ3) is 7.09. The Morgan fingerprint density at radius 1 is 1.05 bits per heavy atom. The molecule has 1 fully saturated rings. The molecule has 0 aliphatic heterocycles.